The van der Waals surface area contributed by atoms with Gasteiger partial charge in [-0.05, 0) is 57.6 Å². The van der Waals surface area contributed by atoms with Gasteiger partial charge in [0.05, 0.1) is 10.8 Å². The van der Waals surface area contributed by atoms with Crippen LogP contribution in [0, 0.1) is 18.8 Å². The van der Waals surface area contributed by atoms with E-state index in [4.69, 9.17) is 0 Å². The Hall–Kier alpha value is -1.73. The molecule has 7 heteroatoms. The molecule has 1 fully saturated rings. The number of amides is 1. The molecule has 27 heavy (non-hydrogen) atoms. The van der Waals surface area contributed by atoms with Crippen molar-refractivity contribution in [2.45, 2.75) is 58.3 Å². The quantitative estimate of drug-likeness (QED) is 0.570. The lowest BCUT2D eigenvalue weighted by Gasteiger charge is -2.30. The minimum absolute atomic E-state index is 0.197. The molecule has 1 atom stereocenters. The zero-order valence-corrected chi connectivity index (χ0v) is 17.6. The van der Waals surface area contributed by atoms with Gasteiger partial charge in [0.1, 0.15) is 0 Å². The summed E-state index contributed by atoms with van der Waals surface area (Å²) in [5.74, 6) is 0.00746. The summed E-state index contributed by atoms with van der Waals surface area (Å²) < 4.78 is 27.1. The van der Waals surface area contributed by atoms with Crippen molar-refractivity contribution in [3.05, 3.63) is 29.8 Å². The Labute approximate surface area is 163 Å². The van der Waals surface area contributed by atoms with Crippen molar-refractivity contribution in [1.29, 1.82) is 0 Å². The number of carbonyl (C=O) groups excluding carboxylic acids is 1. The van der Waals surface area contributed by atoms with E-state index >= 15 is 0 Å². The molecule has 0 spiro atoms. The van der Waals surface area contributed by atoms with Gasteiger partial charge in [-0.1, -0.05) is 31.5 Å². The summed E-state index contributed by atoms with van der Waals surface area (Å²) >= 11 is 0. The molecule has 1 amide bonds. The van der Waals surface area contributed by atoms with Crippen LogP contribution in [-0.2, 0) is 14.8 Å². The summed E-state index contributed by atoms with van der Waals surface area (Å²) in [7, 11) is -3.58. The number of hydrazone groups is 1. The molecule has 1 heterocycles. The van der Waals surface area contributed by atoms with E-state index < -0.39 is 10.0 Å². The molecule has 1 aromatic rings. The Bertz CT molecular complexity index is 770. The van der Waals surface area contributed by atoms with Crippen LogP contribution in [0.25, 0.3) is 0 Å². The van der Waals surface area contributed by atoms with E-state index in [2.05, 4.69) is 24.4 Å². The number of piperidine rings is 1. The zero-order valence-electron chi connectivity index (χ0n) is 16.7. The van der Waals surface area contributed by atoms with Crippen LogP contribution in [0.15, 0.2) is 34.3 Å². The summed E-state index contributed by atoms with van der Waals surface area (Å²) in [6, 6.07) is 6.82. The standard InChI is InChI=1S/C20H31N3O3S/c1-15(2)7-10-17(4)21-22-20(24)18-6-5-13-23(14-18)27(25,26)19-11-8-16(3)9-12-19/h8-9,11-12,15,18H,5-7,10,13-14H2,1-4H3,(H,22,24)/b21-17-/t18-/m0/s1. The molecule has 1 aromatic carbocycles. The Balaban J connectivity index is 1.99. The predicted molar refractivity (Wildman–Crippen MR) is 108 cm³/mol. The van der Waals surface area contributed by atoms with Gasteiger partial charge < -0.3 is 0 Å². The molecule has 2 rings (SSSR count). The maximum Gasteiger partial charge on any atom is 0.244 e. The molecule has 0 saturated carbocycles. The first-order chi connectivity index (χ1) is 12.7. The van der Waals surface area contributed by atoms with Crippen LogP contribution >= 0.6 is 0 Å². The Kier molecular flexibility index (Phi) is 7.56. The molecule has 0 aromatic heterocycles. The lowest BCUT2D eigenvalue weighted by atomic mass is 9.99. The van der Waals surface area contributed by atoms with E-state index in [1.165, 1.54) is 4.31 Å². The highest BCUT2D eigenvalue weighted by Gasteiger charge is 2.33. The van der Waals surface area contributed by atoms with Crippen molar-refractivity contribution in [3.63, 3.8) is 0 Å². The van der Waals surface area contributed by atoms with Gasteiger partial charge in [-0.25, -0.2) is 13.8 Å². The Morgan fingerprint density at radius 1 is 1.30 bits per heavy atom. The number of hydrogen-bond acceptors (Lipinski definition) is 4. The Morgan fingerprint density at radius 2 is 1.96 bits per heavy atom. The van der Waals surface area contributed by atoms with E-state index in [-0.39, 0.29) is 23.3 Å². The monoisotopic (exact) mass is 393 g/mol. The fraction of sp³-hybridized carbons (Fsp3) is 0.600. The molecule has 0 bridgehead atoms. The second kappa shape index (κ2) is 9.46. The maximum absolute atomic E-state index is 12.8. The van der Waals surface area contributed by atoms with Crippen LogP contribution in [0.3, 0.4) is 0 Å². The summed E-state index contributed by atoms with van der Waals surface area (Å²) in [4.78, 5) is 12.7. The number of rotatable bonds is 7. The molecule has 1 aliphatic rings. The molecule has 0 radical (unpaired) electrons. The molecule has 150 valence electrons. The topological polar surface area (TPSA) is 78.8 Å². The zero-order chi connectivity index (χ0) is 20.0. The van der Waals surface area contributed by atoms with E-state index in [9.17, 15) is 13.2 Å². The third-order valence-corrected chi connectivity index (χ3v) is 6.73. The van der Waals surface area contributed by atoms with Crippen LogP contribution in [0.5, 0.6) is 0 Å². The van der Waals surface area contributed by atoms with Crippen LogP contribution in [-0.4, -0.2) is 37.4 Å². The number of benzene rings is 1. The van der Waals surface area contributed by atoms with Crippen LogP contribution in [0.4, 0.5) is 0 Å². The van der Waals surface area contributed by atoms with Crippen molar-refractivity contribution in [2.24, 2.45) is 16.9 Å². The lowest BCUT2D eigenvalue weighted by molar-refractivity contribution is -0.126. The second-order valence-electron chi connectivity index (χ2n) is 7.77. The van der Waals surface area contributed by atoms with Crippen molar-refractivity contribution in [1.82, 2.24) is 9.73 Å². The van der Waals surface area contributed by atoms with Gasteiger partial charge in [0.25, 0.3) is 0 Å². The minimum atomic E-state index is -3.58. The van der Waals surface area contributed by atoms with Crippen molar-refractivity contribution < 1.29 is 13.2 Å². The average Bonchev–Trinajstić information content (AvgIpc) is 2.64. The third-order valence-electron chi connectivity index (χ3n) is 4.85. The average molecular weight is 394 g/mol. The fourth-order valence-electron chi connectivity index (χ4n) is 3.03. The minimum Gasteiger partial charge on any atom is -0.273 e. The number of sulfonamides is 1. The fourth-order valence-corrected chi connectivity index (χ4v) is 4.55. The van der Waals surface area contributed by atoms with Crippen molar-refractivity contribution in [2.75, 3.05) is 13.1 Å². The first-order valence-corrected chi connectivity index (χ1v) is 11.0. The SMILES string of the molecule is C/C(CCC(C)C)=N/NC(=O)[C@H]1CCCN(S(=O)(=O)c2ccc(C)cc2)C1. The van der Waals surface area contributed by atoms with Crippen LogP contribution < -0.4 is 5.43 Å². The number of aryl methyl sites for hydroxylation is 1. The first kappa shape index (κ1) is 21.6. The smallest absolute Gasteiger partial charge is 0.244 e. The van der Waals surface area contributed by atoms with E-state index in [1.807, 2.05) is 13.8 Å². The lowest BCUT2D eigenvalue weighted by Crippen LogP contribution is -2.44. The molecule has 6 nitrogen and oxygen atoms in total. The second-order valence-corrected chi connectivity index (χ2v) is 9.71. The Morgan fingerprint density at radius 3 is 2.59 bits per heavy atom. The van der Waals surface area contributed by atoms with Gasteiger partial charge >= 0.3 is 0 Å². The van der Waals surface area contributed by atoms with Crippen LogP contribution in [0.2, 0.25) is 0 Å². The first-order valence-electron chi connectivity index (χ1n) is 9.60. The number of hydrogen-bond donors (Lipinski definition) is 1. The van der Waals surface area contributed by atoms with Gasteiger partial charge in [0.2, 0.25) is 15.9 Å². The number of carbonyl (C=O) groups is 1. The van der Waals surface area contributed by atoms with E-state index in [0.717, 1.165) is 24.1 Å². The van der Waals surface area contributed by atoms with Gasteiger partial charge in [-0.3, -0.25) is 4.79 Å². The normalized spacial score (nSPS) is 19.3. The summed E-state index contributed by atoms with van der Waals surface area (Å²) in [6.07, 6.45) is 3.21. The molecular weight excluding hydrogens is 362 g/mol. The van der Waals surface area contributed by atoms with Crippen molar-refractivity contribution in [3.8, 4) is 0 Å². The highest BCUT2D eigenvalue weighted by atomic mass is 32.2. The van der Waals surface area contributed by atoms with Crippen molar-refractivity contribution >= 4 is 21.6 Å². The number of nitrogens with one attached hydrogen (secondary N) is 1. The van der Waals surface area contributed by atoms with Crippen LogP contribution in [0.1, 0.15) is 52.0 Å². The van der Waals surface area contributed by atoms with E-state index in [0.29, 0.717) is 25.3 Å². The highest BCUT2D eigenvalue weighted by Crippen LogP contribution is 2.24. The largest absolute Gasteiger partial charge is 0.273 e. The van der Waals surface area contributed by atoms with Gasteiger partial charge in [-0.15, -0.1) is 0 Å². The van der Waals surface area contributed by atoms with Gasteiger partial charge in [0.15, 0.2) is 0 Å². The molecule has 1 N–H and O–H groups in total. The molecule has 1 aliphatic heterocycles. The third kappa shape index (κ3) is 6.14. The summed E-state index contributed by atoms with van der Waals surface area (Å²) in [6.45, 7) is 8.76. The highest BCUT2D eigenvalue weighted by molar-refractivity contribution is 7.89. The summed E-state index contributed by atoms with van der Waals surface area (Å²) in [5, 5.41) is 4.18. The summed E-state index contributed by atoms with van der Waals surface area (Å²) in [5.41, 5.74) is 4.52. The molecule has 0 unspecified atom stereocenters. The molecular formula is C20H31N3O3S. The van der Waals surface area contributed by atoms with Gasteiger partial charge in [0, 0.05) is 18.8 Å². The maximum atomic E-state index is 12.8. The molecule has 1 saturated heterocycles. The van der Waals surface area contributed by atoms with E-state index in [1.54, 1.807) is 24.3 Å². The van der Waals surface area contributed by atoms with Gasteiger partial charge in [-0.2, -0.15) is 9.41 Å². The number of nitrogens with zero attached hydrogens (tertiary/aromatic N) is 2. The predicted octanol–water partition coefficient (Wildman–Crippen LogP) is 3.32. The molecule has 0 aliphatic carbocycles.